The fraction of sp³-hybridized carbons (Fsp3) is 0.140. The van der Waals surface area contributed by atoms with Gasteiger partial charge >= 0.3 is 17.1 Å². The maximum absolute atomic E-state index is 11.4. The summed E-state index contributed by atoms with van der Waals surface area (Å²) in [7, 11) is -10.8. The number of sulfonamides is 2. The maximum Gasteiger partial charge on any atom is 2.00 e. The van der Waals surface area contributed by atoms with Crippen molar-refractivity contribution in [3.8, 4) is 46.1 Å². The number of aromatic nitrogens is 15. The van der Waals surface area contributed by atoms with Gasteiger partial charge in [0.2, 0.25) is 37.9 Å². The van der Waals surface area contributed by atoms with Gasteiger partial charge in [0.1, 0.15) is 52.0 Å². The number of primary sulfonamides is 1. The Balaban J connectivity index is 0.000000208. The molecule has 0 aliphatic carbocycles. The van der Waals surface area contributed by atoms with Gasteiger partial charge in [-0.25, -0.2) is 37.2 Å². The van der Waals surface area contributed by atoms with E-state index in [2.05, 4.69) is 60.0 Å². The fourth-order valence-corrected chi connectivity index (χ4v) is 9.19. The zero-order valence-corrected chi connectivity index (χ0v) is 42.4. The van der Waals surface area contributed by atoms with Crippen molar-refractivity contribution in [3.63, 3.8) is 0 Å². The molecule has 6 aromatic heterocycles. The van der Waals surface area contributed by atoms with Crippen LogP contribution in [-0.2, 0) is 56.6 Å². The van der Waals surface area contributed by atoms with Gasteiger partial charge in [-0.05, 0) is 39.7 Å². The second-order valence-electron chi connectivity index (χ2n) is 15.6. The molecule has 3 aliphatic rings. The van der Waals surface area contributed by atoms with Crippen LogP contribution in [0, 0.1) is 0 Å². The van der Waals surface area contributed by atoms with Gasteiger partial charge in [-0.3, -0.25) is 24.5 Å². The molecule has 1 radical (unpaired) electrons. The van der Waals surface area contributed by atoms with E-state index in [4.69, 9.17) is 50.9 Å². The molecule has 8 N–H and O–H groups in total. The quantitative estimate of drug-likeness (QED) is 0.0283. The fourth-order valence-electron chi connectivity index (χ4n) is 7.18. The van der Waals surface area contributed by atoms with Crippen molar-refractivity contribution >= 4 is 110 Å². The van der Waals surface area contributed by atoms with Gasteiger partial charge in [0.05, 0.1) is 33.8 Å². The molecule has 1 atom stereocenters. The number of nitrogen functional groups attached to an aromatic ring is 1. The summed E-state index contributed by atoms with van der Waals surface area (Å²) in [5.41, 5.74) is 9.57. The van der Waals surface area contributed by atoms with Gasteiger partial charge in [-0.2, -0.15) is 27.7 Å². The summed E-state index contributed by atoms with van der Waals surface area (Å²) in [6.07, 6.45) is 7.34. The van der Waals surface area contributed by atoms with Gasteiger partial charge in [0, 0.05) is 60.5 Å². The molecule has 3 aliphatic heterocycles. The molecular formula is C43H40CuN20O10S4. The third-order valence-electron chi connectivity index (χ3n) is 10.3. The number of anilines is 4. The summed E-state index contributed by atoms with van der Waals surface area (Å²) in [6.45, 7) is 0.426. The van der Waals surface area contributed by atoms with Gasteiger partial charge in [0.25, 0.3) is 10.1 Å². The first-order chi connectivity index (χ1) is 35.9. The molecule has 1 unspecified atom stereocenters. The monoisotopic (exact) mass is 1190 g/mol. The molecule has 1 fully saturated rings. The maximum atomic E-state index is 11.4. The van der Waals surface area contributed by atoms with Crippen molar-refractivity contribution in [1.29, 1.82) is 0 Å². The Kier molecular flexibility index (Phi) is 17.3. The number of rotatable bonds is 10. The Morgan fingerprint density at radius 1 is 0.679 bits per heavy atom. The molecule has 407 valence electrons. The van der Waals surface area contributed by atoms with Gasteiger partial charge < -0.3 is 46.3 Å². The predicted molar refractivity (Wildman–Crippen MR) is 281 cm³/mol. The summed E-state index contributed by atoms with van der Waals surface area (Å²) >= 11 is 0.526. The van der Waals surface area contributed by atoms with Crippen molar-refractivity contribution < 1.29 is 61.5 Å². The van der Waals surface area contributed by atoms with Crippen molar-refractivity contribution in [2.45, 2.75) is 24.6 Å². The van der Waals surface area contributed by atoms with Gasteiger partial charge in [-0.15, -0.1) is 4.33 Å². The zero-order valence-electron chi connectivity index (χ0n) is 38.2. The Morgan fingerprint density at radius 3 is 1.47 bits per heavy atom. The summed E-state index contributed by atoms with van der Waals surface area (Å²) in [5.74, 6) is 1.19. The Labute approximate surface area is 456 Å². The molecule has 1 saturated heterocycles. The van der Waals surface area contributed by atoms with Crippen LogP contribution < -0.4 is 31.5 Å². The first-order valence-corrected chi connectivity index (χ1v) is 26.9. The molecule has 8 bridgehead atoms. The Bertz CT molecular complexity index is 3950. The van der Waals surface area contributed by atoms with E-state index >= 15 is 0 Å². The smallest absolute Gasteiger partial charge is 0.368 e. The van der Waals surface area contributed by atoms with Crippen molar-refractivity contribution in [2.75, 3.05) is 41.6 Å². The second-order valence-corrected chi connectivity index (χ2v) is 21.3. The molecule has 3 aromatic carbocycles. The Morgan fingerprint density at radius 2 is 1.09 bits per heavy atom. The largest absolute Gasteiger partial charge is 2.00 e. The molecular weight excluding hydrogens is 1150 g/mol. The zero-order chi connectivity index (χ0) is 52.6. The van der Waals surface area contributed by atoms with E-state index in [1.807, 2.05) is 48.5 Å². The normalized spacial score (nSPS) is 13.6. The van der Waals surface area contributed by atoms with E-state index in [-0.39, 0.29) is 79.3 Å². The third kappa shape index (κ3) is 12.9. The minimum Gasteiger partial charge on any atom is -0.368 e. The summed E-state index contributed by atoms with van der Waals surface area (Å²) in [5, 5.41) is 24.9. The molecule has 35 heteroatoms. The number of nitrogens with zero attached hydrogens (tertiary/aromatic N) is 16. The molecule has 0 amide bonds. The molecule has 0 spiro atoms. The van der Waals surface area contributed by atoms with E-state index in [1.165, 1.54) is 10.4 Å². The third-order valence-corrected chi connectivity index (χ3v) is 13.3. The second kappa shape index (κ2) is 23.4. The average molecular weight is 1190 g/mol. The van der Waals surface area contributed by atoms with Crippen LogP contribution in [0.2, 0.25) is 0 Å². The number of nitrogens with one attached hydrogen (secondary N) is 2. The number of hydrogen-bond donors (Lipinski definition) is 6. The molecule has 9 heterocycles. The molecule has 30 nitrogen and oxygen atoms in total. The number of hydrogen-bond acceptors (Lipinski definition) is 26. The molecule has 9 aromatic rings. The summed E-state index contributed by atoms with van der Waals surface area (Å²) in [4.78, 5) is 67.9. The van der Waals surface area contributed by atoms with Crippen LogP contribution in [0.5, 0.6) is 0 Å². The first kappa shape index (κ1) is 57.8. The Hall–Kier alpha value is -7.93. The standard InChI is InChI=1S/C28H12N12.C12H15N7O8S3.CH5NO2S.2CH4.Cu/c1-2-6-14-13(5-1)21-33-22(14)36-26-19-20(32-12-11-31-19)28(40-26)38-24-16-8-4-3-7-15(16)23(34-24)37-27-18-17(25(35-21)39-27)29-9-10-30-18;13-10-16-11(14-3-4-19-6-29(19,21)22)18-12(17-10)15-8-5-7(30(23,24)25)1-2-9(8)28-27-26-20;1-5(2,3)4;;;/h1-12H;1-2,5,20H,3-4,6H2,(H,23,24,25)(H4,13,14,15,16,17,18);1H3,(H2,2,3,4);2*1H4;/q-2;;;;;+2. The van der Waals surface area contributed by atoms with Crippen LogP contribution in [-0.4, -0.2) is 129 Å². The van der Waals surface area contributed by atoms with E-state index in [9.17, 15) is 29.8 Å². The van der Waals surface area contributed by atoms with Crippen molar-refractivity contribution in [3.05, 3.63) is 91.5 Å². The van der Waals surface area contributed by atoms with Crippen LogP contribution in [0.15, 0.2) is 101 Å². The minimum atomic E-state index is -4.51. The van der Waals surface area contributed by atoms with Crippen LogP contribution in [0.25, 0.3) is 90.2 Å². The predicted octanol–water partition coefficient (Wildman–Crippen LogP) is 3.77. The summed E-state index contributed by atoms with van der Waals surface area (Å²) < 4.78 is 78.8. The number of nitrogens with two attached hydrogens (primary N) is 2. The van der Waals surface area contributed by atoms with E-state index in [1.54, 1.807) is 24.8 Å². The topological polar surface area (TPSA) is 436 Å². The van der Waals surface area contributed by atoms with Crippen molar-refractivity contribution in [1.82, 2.24) is 79.1 Å². The van der Waals surface area contributed by atoms with Crippen molar-refractivity contribution in [2.24, 2.45) is 5.14 Å². The van der Waals surface area contributed by atoms with Crippen LogP contribution in [0.4, 0.5) is 23.5 Å². The van der Waals surface area contributed by atoms with Gasteiger partial charge in [0.15, 0.2) is 0 Å². The van der Waals surface area contributed by atoms with Crippen LogP contribution >= 0.6 is 12.0 Å². The number of benzene rings is 3. The average Bonchev–Trinajstić information content (AvgIpc) is 3.90. The molecule has 78 heavy (non-hydrogen) atoms. The van der Waals surface area contributed by atoms with Crippen LogP contribution in [0.1, 0.15) is 14.9 Å². The number of fused-ring (bicyclic) bond motifs is 20. The van der Waals surface area contributed by atoms with E-state index < -0.39 is 35.1 Å². The van der Waals surface area contributed by atoms with Gasteiger partial charge in [-0.1, -0.05) is 68.4 Å². The summed E-state index contributed by atoms with van der Waals surface area (Å²) in [6, 6.07) is 18.9. The first-order valence-electron chi connectivity index (χ1n) is 21.2. The van der Waals surface area contributed by atoms with E-state index in [0.29, 0.717) is 80.7 Å². The van der Waals surface area contributed by atoms with E-state index in [0.717, 1.165) is 39.9 Å². The molecule has 0 saturated carbocycles. The SMILES string of the molecule is C.C.CS(N)(=O)=O.Nc1nc(NCCN2CS2(=O)=O)nc(Nc2cc(S(=O)(=O)O)ccc2SOOO)n1.[Cu+2].c1ccc2c3nc4nc(nc5[n-]c(nc6nc(nc([n-]3)c2c1)-c1nccnc1-6)c1ccccc51)-c1nccnc1-4. The van der Waals surface area contributed by atoms with Crippen LogP contribution in [0.3, 0.4) is 0 Å². The molecule has 12 rings (SSSR count). The minimum absolute atomic E-state index is 0.